The van der Waals surface area contributed by atoms with Crippen LogP contribution in [-0.4, -0.2) is 19.1 Å². The van der Waals surface area contributed by atoms with E-state index in [9.17, 15) is 4.79 Å². The number of fused-ring (bicyclic) bond motifs is 1. The van der Waals surface area contributed by atoms with E-state index in [4.69, 9.17) is 0 Å². The Morgan fingerprint density at radius 2 is 2.37 bits per heavy atom. The smallest absolute Gasteiger partial charge is 0.321 e. The molecule has 0 saturated carbocycles. The van der Waals surface area contributed by atoms with E-state index in [1.165, 1.54) is 11.1 Å². The topological polar surface area (TPSA) is 32.3 Å². The predicted octanol–water partition coefficient (Wildman–Crippen LogP) is 3.29. The zero-order valence-electron chi connectivity index (χ0n) is 11.6. The average Bonchev–Trinajstić information content (AvgIpc) is 2.84. The van der Waals surface area contributed by atoms with E-state index >= 15 is 0 Å². The van der Waals surface area contributed by atoms with Crippen LogP contribution in [-0.2, 0) is 12.8 Å². The summed E-state index contributed by atoms with van der Waals surface area (Å²) < 4.78 is 0. The van der Waals surface area contributed by atoms with Crippen molar-refractivity contribution in [3.63, 3.8) is 0 Å². The summed E-state index contributed by atoms with van der Waals surface area (Å²) in [6.45, 7) is 7.45. The molecule has 2 rings (SSSR count). The van der Waals surface area contributed by atoms with Crippen molar-refractivity contribution >= 4 is 11.7 Å². The third-order valence-electron chi connectivity index (χ3n) is 3.49. The molecule has 1 aliphatic heterocycles. The molecule has 1 heterocycles. The van der Waals surface area contributed by atoms with Crippen LogP contribution >= 0.6 is 0 Å². The zero-order chi connectivity index (χ0) is 13.7. The summed E-state index contributed by atoms with van der Waals surface area (Å²) in [6, 6.07) is 6.29. The van der Waals surface area contributed by atoms with E-state index in [0.717, 1.165) is 44.5 Å². The Hall–Kier alpha value is -1.77. The van der Waals surface area contributed by atoms with Crippen molar-refractivity contribution in [1.82, 2.24) is 5.32 Å². The SMILES string of the molecule is C=CCc1cccc2c1N(C(=O)NCCCC)CC2. The molecule has 1 aliphatic rings. The maximum atomic E-state index is 12.2. The first kappa shape index (κ1) is 13.7. The number of unbranched alkanes of at least 4 members (excludes halogenated alkanes) is 1. The van der Waals surface area contributed by atoms with Crippen molar-refractivity contribution in [2.45, 2.75) is 32.6 Å². The van der Waals surface area contributed by atoms with Crippen molar-refractivity contribution in [3.05, 3.63) is 42.0 Å². The van der Waals surface area contributed by atoms with Gasteiger partial charge in [-0.2, -0.15) is 0 Å². The minimum Gasteiger partial charge on any atom is -0.338 e. The predicted molar refractivity (Wildman–Crippen MR) is 79.7 cm³/mol. The van der Waals surface area contributed by atoms with Crippen LogP contribution in [0.15, 0.2) is 30.9 Å². The Balaban J connectivity index is 2.15. The van der Waals surface area contributed by atoms with Crippen LogP contribution in [0.4, 0.5) is 10.5 Å². The van der Waals surface area contributed by atoms with Crippen LogP contribution < -0.4 is 10.2 Å². The van der Waals surface area contributed by atoms with Crippen molar-refractivity contribution in [1.29, 1.82) is 0 Å². The number of hydrogen-bond donors (Lipinski definition) is 1. The maximum absolute atomic E-state index is 12.2. The largest absolute Gasteiger partial charge is 0.338 e. The van der Waals surface area contributed by atoms with E-state index in [2.05, 4.69) is 37.0 Å². The fourth-order valence-corrected chi connectivity index (χ4v) is 2.53. The van der Waals surface area contributed by atoms with Crippen LogP contribution in [0.5, 0.6) is 0 Å². The molecule has 0 saturated heterocycles. The molecule has 0 spiro atoms. The maximum Gasteiger partial charge on any atom is 0.321 e. The molecule has 0 radical (unpaired) electrons. The van der Waals surface area contributed by atoms with E-state index < -0.39 is 0 Å². The average molecular weight is 258 g/mol. The lowest BCUT2D eigenvalue weighted by Gasteiger charge is -2.20. The number of carbonyl (C=O) groups excluding carboxylic acids is 1. The molecule has 19 heavy (non-hydrogen) atoms. The van der Waals surface area contributed by atoms with E-state index in [1.807, 2.05) is 11.0 Å². The molecule has 1 N–H and O–H groups in total. The molecule has 0 atom stereocenters. The molecule has 102 valence electrons. The first-order valence-electron chi connectivity index (χ1n) is 7.05. The first-order chi connectivity index (χ1) is 9.27. The highest BCUT2D eigenvalue weighted by Gasteiger charge is 2.26. The summed E-state index contributed by atoms with van der Waals surface area (Å²) in [5.74, 6) is 0. The lowest BCUT2D eigenvalue weighted by molar-refractivity contribution is 0.246. The number of benzene rings is 1. The molecule has 2 amide bonds. The van der Waals surface area contributed by atoms with Gasteiger partial charge < -0.3 is 5.32 Å². The van der Waals surface area contributed by atoms with Crippen molar-refractivity contribution in [3.8, 4) is 0 Å². The van der Waals surface area contributed by atoms with E-state index in [-0.39, 0.29) is 6.03 Å². The molecule has 0 aliphatic carbocycles. The lowest BCUT2D eigenvalue weighted by Crippen LogP contribution is -2.39. The molecule has 3 heteroatoms. The fourth-order valence-electron chi connectivity index (χ4n) is 2.53. The number of para-hydroxylation sites is 1. The number of urea groups is 1. The van der Waals surface area contributed by atoms with Gasteiger partial charge >= 0.3 is 6.03 Å². The monoisotopic (exact) mass is 258 g/mol. The van der Waals surface area contributed by atoms with Gasteiger partial charge in [-0.15, -0.1) is 6.58 Å². The third-order valence-corrected chi connectivity index (χ3v) is 3.49. The van der Waals surface area contributed by atoms with Crippen LogP contribution in [0.25, 0.3) is 0 Å². The number of allylic oxidation sites excluding steroid dienone is 1. The quantitative estimate of drug-likeness (QED) is 0.638. The zero-order valence-corrected chi connectivity index (χ0v) is 11.6. The summed E-state index contributed by atoms with van der Waals surface area (Å²) in [4.78, 5) is 14.1. The fraction of sp³-hybridized carbons (Fsp3) is 0.438. The van der Waals surface area contributed by atoms with Gasteiger partial charge in [-0.1, -0.05) is 37.6 Å². The van der Waals surface area contributed by atoms with Gasteiger partial charge in [0.1, 0.15) is 0 Å². The molecule has 0 aromatic heterocycles. The van der Waals surface area contributed by atoms with Crippen molar-refractivity contribution < 1.29 is 4.79 Å². The molecule has 1 aromatic carbocycles. The highest BCUT2D eigenvalue weighted by molar-refractivity contribution is 5.95. The van der Waals surface area contributed by atoms with Crippen molar-refractivity contribution in [2.24, 2.45) is 0 Å². The second kappa shape index (κ2) is 6.41. The number of nitrogens with one attached hydrogen (secondary N) is 1. The molecule has 0 fully saturated rings. The van der Waals surface area contributed by atoms with Crippen LogP contribution in [0.2, 0.25) is 0 Å². The number of rotatable bonds is 5. The number of hydrogen-bond acceptors (Lipinski definition) is 1. The molecule has 3 nitrogen and oxygen atoms in total. The summed E-state index contributed by atoms with van der Waals surface area (Å²) in [5, 5.41) is 3.00. The number of amides is 2. The minimum absolute atomic E-state index is 0.0312. The second-order valence-electron chi connectivity index (χ2n) is 4.90. The second-order valence-corrected chi connectivity index (χ2v) is 4.90. The Labute approximate surface area is 115 Å². The van der Waals surface area contributed by atoms with Gasteiger partial charge in [0.15, 0.2) is 0 Å². The Morgan fingerprint density at radius 1 is 1.53 bits per heavy atom. The van der Waals surface area contributed by atoms with Crippen LogP contribution in [0.1, 0.15) is 30.9 Å². The van der Waals surface area contributed by atoms with E-state index in [0.29, 0.717) is 0 Å². The van der Waals surface area contributed by atoms with Gasteiger partial charge in [0, 0.05) is 13.1 Å². The highest BCUT2D eigenvalue weighted by atomic mass is 16.2. The van der Waals surface area contributed by atoms with Crippen molar-refractivity contribution in [2.75, 3.05) is 18.0 Å². The number of anilines is 1. The molecule has 0 unspecified atom stereocenters. The van der Waals surface area contributed by atoms with Crippen LogP contribution in [0, 0.1) is 0 Å². The van der Waals surface area contributed by atoms with Gasteiger partial charge in [0.2, 0.25) is 0 Å². The summed E-state index contributed by atoms with van der Waals surface area (Å²) in [7, 11) is 0. The number of carbonyl (C=O) groups is 1. The van der Waals surface area contributed by atoms with Crippen LogP contribution in [0.3, 0.4) is 0 Å². The first-order valence-corrected chi connectivity index (χ1v) is 7.05. The summed E-state index contributed by atoms with van der Waals surface area (Å²) in [6.07, 6.45) is 5.77. The van der Waals surface area contributed by atoms with E-state index in [1.54, 1.807) is 0 Å². The molecule has 0 bridgehead atoms. The molecular formula is C16H22N2O. The van der Waals surface area contributed by atoms with Gasteiger partial charge in [0.25, 0.3) is 0 Å². The standard InChI is InChI=1S/C16H22N2O/c1-3-5-11-17-16(19)18-12-10-14-9-6-8-13(7-4-2)15(14)18/h4,6,8-9H,2-3,5,7,10-12H2,1H3,(H,17,19). The van der Waals surface area contributed by atoms with Gasteiger partial charge in [-0.3, -0.25) is 4.90 Å². The van der Waals surface area contributed by atoms with Gasteiger partial charge in [-0.25, -0.2) is 4.79 Å². The highest BCUT2D eigenvalue weighted by Crippen LogP contribution is 2.32. The normalized spacial score (nSPS) is 13.2. The Kier molecular flexibility index (Phi) is 4.61. The third kappa shape index (κ3) is 2.98. The molecule has 1 aromatic rings. The lowest BCUT2D eigenvalue weighted by atomic mass is 10.0. The Morgan fingerprint density at radius 3 is 3.11 bits per heavy atom. The van der Waals surface area contributed by atoms with Gasteiger partial charge in [0.05, 0.1) is 5.69 Å². The molecular weight excluding hydrogens is 236 g/mol. The number of nitrogens with zero attached hydrogens (tertiary/aromatic N) is 1. The Bertz CT molecular complexity index is 468. The minimum atomic E-state index is 0.0312. The summed E-state index contributed by atoms with van der Waals surface area (Å²) in [5.41, 5.74) is 3.55. The summed E-state index contributed by atoms with van der Waals surface area (Å²) >= 11 is 0. The van der Waals surface area contributed by atoms with Gasteiger partial charge in [-0.05, 0) is 30.4 Å².